The van der Waals surface area contributed by atoms with Crippen molar-refractivity contribution in [3.05, 3.63) is 52.5 Å². The number of thiocarbonyl (C=S) groups is 1. The molecule has 1 amide bonds. The van der Waals surface area contributed by atoms with E-state index in [9.17, 15) is 4.79 Å². The number of hydrogen-bond acceptors (Lipinski definition) is 5. The molecule has 2 heterocycles. The number of thiophene rings is 1. The summed E-state index contributed by atoms with van der Waals surface area (Å²) in [5.41, 5.74) is 0.966. The maximum Gasteiger partial charge on any atom is 0.267 e. The molecule has 5 nitrogen and oxygen atoms in total. The second-order valence-corrected chi connectivity index (χ2v) is 5.76. The van der Waals surface area contributed by atoms with Gasteiger partial charge in [-0.05, 0) is 35.3 Å². The summed E-state index contributed by atoms with van der Waals surface area (Å²) < 4.78 is 0. The minimum atomic E-state index is -0.229. The van der Waals surface area contributed by atoms with Crippen molar-refractivity contribution in [2.75, 3.05) is 6.54 Å². The minimum absolute atomic E-state index is 0.229. The van der Waals surface area contributed by atoms with Gasteiger partial charge in [0.05, 0.1) is 17.4 Å². The Hall–Kier alpha value is -2.30. The molecule has 0 spiro atoms. The van der Waals surface area contributed by atoms with Gasteiger partial charge in [-0.1, -0.05) is 12.1 Å². The Morgan fingerprint density at radius 3 is 2.95 bits per heavy atom. The molecule has 2 aromatic heterocycles. The first kappa shape index (κ1) is 16.1. The fraction of sp³-hybridized carbons (Fsp3) is 0.200. The maximum atomic E-state index is 12.1. The van der Waals surface area contributed by atoms with Crippen LogP contribution < -0.4 is 5.32 Å². The van der Waals surface area contributed by atoms with Gasteiger partial charge in [-0.3, -0.25) is 15.1 Å². The van der Waals surface area contributed by atoms with E-state index in [1.165, 1.54) is 11.3 Å². The highest BCUT2D eigenvalue weighted by Gasteiger charge is 2.14. The van der Waals surface area contributed by atoms with Gasteiger partial charge in [0.25, 0.3) is 5.91 Å². The number of aromatic nitrogens is 1. The Kier molecular flexibility index (Phi) is 6.01. The third-order valence-electron chi connectivity index (χ3n) is 2.84. The maximum absolute atomic E-state index is 12.1. The number of nitrogens with zero attached hydrogens (tertiary/aromatic N) is 3. The van der Waals surface area contributed by atoms with Gasteiger partial charge in [0.15, 0.2) is 5.11 Å². The van der Waals surface area contributed by atoms with Gasteiger partial charge in [-0.15, -0.1) is 11.3 Å². The average molecular weight is 330 g/mol. The van der Waals surface area contributed by atoms with E-state index in [-0.39, 0.29) is 5.91 Å². The number of pyridine rings is 1. The topological polar surface area (TPSA) is 69.0 Å². The largest absolute Gasteiger partial charge is 0.344 e. The molecule has 1 N–H and O–H groups in total. The molecule has 0 saturated carbocycles. The zero-order valence-corrected chi connectivity index (χ0v) is 13.4. The van der Waals surface area contributed by atoms with Crippen molar-refractivity contribution in [3.8, 4) is 6.07 Å². The lowest BCUT2D eigenvalue weighted by Crippen LogP contribution is -2.42. The van der Waals surface area contributed by atoms with Crippen LogP contribution in [0.15, 0.2) is 42.0 Å². The Balaban J connectivity index is 2.02. The van der Waals surface area contributed by atoms with Gasteiger partial charge >= 0.3 is 0 Å². The molecule has 0 aliphatic heterocycles. The normalized spacial score (nSPS) is 9.77. The number of nitriles is 1. The van der Waals surface area contributed by atoms with Crippen LogP contribution in [0.2, 0.25) is 0 Å². The van der Waals surface area contributed by atoms with Gasteiger partial charge in [0.1, 0.15) is 0 Å². The molecule has 0 aliphatic rings. The van der Waals surface area contributed by atoms with Crippen LogP contribution >= 0.6 is 23.6 Å². The predicted octanol–water partition coefficient (Wildman–Crippen LogP) is 2.57. The first-order chi connectivity index (χ1) is 10.7. The van der Waals surface area contributed by atoms with Gasteiger partial charge in [-0.25, -0.2) is 0 Å². The van der Waals surface area contributed by atoms with E-state index in [1.54, 1.807) is 23.4 Å². The van der Waals surface area contributed by atoms with Crippen LogP contribution in [0.4, 0.5) is 0 Å². The Morgan fingerprint density at radius 2 is 2.32 bits per heavy atom. The lowest BCUT2D eigenvalue weighted by molar-refractivity contribution is 0.0977. The molecule has 0 saturated heterocycles. The van der Waals surface area contributed by atoms with E-state index in [0.717, 1.165) is 5.56 Å². The molecule has 0 bridgehead atoms. The smallest absolute Gasteiger partial charge is 0.267 e. The summed E-state index contributed by atoms with van der Waals surface area (Å²) in [5, 5.41) is 13.6. The van der Waals surface area contributed by atoms with Crippen molar-refractivity contribution in [1.29, 1.82) is 5.26 Å². The summed E-state index contributed by atoms with van der Waals surface area (Å²) in [6.45, 7) is 0.952. The summed E-state index contributed by atoms with van der Waals surface area (Å²) >= 11 is 6.66. The van der Waals surface area contributed by atoms with Crippen molar-refractivity contribution in [1.82, 2.24) is 15.2 Å². The van der Waals surface area contributed by atoms with E-state index in [4.69, 9.17) is 17.5 Å². The summed E-state index contributed by atoms with van der Waals surface area (Å²) in [4.78, 5) is 18.5. The highest BCUT2D eigenvalue weighted by atomic mass is 32.1. The number of carbonyl (C=O) groups excluding carboxylic acids is 1. The van der Waals surface area contributed by atoms with Gasteiger partial charge in [0, 0.05) is 25.5 Å². The van der Waals surface area contributed by atoms with Crippen molar-refractivity contribution < 1.29 is 4.79 Å². The van der Waals surface area contributed by atoms with Crippen molar-refractivity contribution >= 4 is 34.6 Å². The van der Waals surface area contributed by atoms with E-state index >= 15 is 0 Å². The summed E-state index contributed by atoms with van der Waals surface area (Å²) in [5.74, 6) is -0.229. The Morgan fingerprint density at radius 1 is 1.45 bits per heavy atom. The monoisotopic (exact) mass is 330 g/mol. The molecule has 0 radical (unpaired) electrons. The van der Waals surface area contributed by atoms with Crippen molar-refractivity contribution in [3.63, 3.8) is 0 Å². The van der Waals surface area contributed by atoms with E-state index in [2.05, 4.69) is 16.4 Å². The van der Waals surface area contributed by atoms with Crippen LogP contribution in [0, 0.1) is 11.3 Å². The first-order valence-electron chi connectivity index (χ1n) is 6.60. The standard InChI is InChI=1S/C15H14N4OS2/c16-6-3-8-19(11-12-4-1-7-17-10-12)15(21)18-14(20)13-5-2-9-22-13/h1-2,4-5,7,9-10H,3,8,11H2,(H,18,20,21). The molecular weight excluding hydrogens is 316 g/mol. The van der Waals surface area contributed by atoms with Crippen molar-refractivity contribution in [2.45, 2.75) is 13.0 Å². The van der Waals surface area contributed by atoms with Crippen LogP contribution in [0.25, 0.3) is 0 Å². The fourth-order valence-corrected chi connectivity index (χ4v) is 2.66. The molecule has 0 unspecified atom stereocenters. The molecule has 0 aromatic carbocycles. The Bertz CT molecular complexity index is 665. The third kappa shape index (κ3) is 4.62. The van der Waals surface area contributed by atoms with Crippen LogP contribution in [0.5, 0.6) is 0 Å². The molecule has 0 fully saturated rings. The van der Waals surface area contributed by atoms with Gasteiger partial charge in [0.2, 0.25) is 0 Å². The fourth-order valence-electron chi connectivity index (χ4n) is 1.79. The SMILES string of the molecule is N#CCCN(Cc1cccnc1)C(=S)NC(=O)c1cccs1. The molecule has 112 valence electrons. The summed E-state index contributed by atoms with van der Waals surface area (Å²) in [7, 11) is 0. The highest BCUT2D eigenvalue weighted by molar-refractivity contribution is 7.80. The van der Waals surface area contributed by atoms with E-state index < -0.39 is 0 Å². The highest BCUT2D eigenvalue weighted by Crippen LogP contribution is 2.09. The molecule has 22 heavy (non-hydrogen) atoms. The lowest BCUT2D eigenvalue weighted by atomic mass is 10.2. The average Bonchev–Trinajstić information content (AvgIpc) is 3.06. The number of rotatable bonds is 5. The Labute approximate surface area is 138 Å². The van der Waals surface area contributed by atoms with E-state index in [1.807, 2.05) is 23.6 Å². The van der Waals surface area contributed by atoms with E-state index in [0.29, 0.717) is 29.5 Å². The van der Waals surface area contributed by atoms with Crippen LogP contribution in [0.3, 0.4) is 0 Å². The quantitative estimate of drug-likeness (QED) is 0.853. The second kappa shape index (κ2) is 8.22. The van der Waals surface area contributed by atoms with Gasteiger partial charge in [-0.2, -0.15) is 5.26 Å². The molecule has 7 heteroatoms. The number of amides is 1. The van der Waals surface area contributed by atoms with Crippen molar-refractivity contribution in [2.24, 2.45) is 0 Å². The zero-order valence-electron chi connectivity index (χ0n) is 11.7. The first-order valence-corrected chi connectivity index (χ1v) is 7.89. The van der Waals surface area contributed by atoms with Gasteiger partial charge < -0.3 is 4.90 Å². The molecule has 0 aliphatic carbocycles. The molecule has 0 atom stereocenters. The van der Waals surface area contributed by atoms with Crippen LogP contribution in [0.1, 0.15) is 21.7 Å². The van der Waals surface area contributed by atoms with Crippen LogP contribution in [-0.4, -0.2) is 27.4 Å². The minimum Gasteiger partial charge on any atom is -0.344 e. The predicted molar refractivity (Wildman–Crippen MR) is 89.3 cm³/mol. The number of carbonyl (C=O) groups is 1. The zero-order chi connectivity index (χ0) is 15.8. The second-order valence-electron chi connectivity index (χ2n) is 4.43. The third-order valence-corrected chi connectivity index (χ3v) is 4.07. The number of nitrogens with one attached hydrogen (secondary N) is 1. The number of hydrogen-bond donors (Lipinski definition) is 1. The lowest BCUT2D eigenvalue weighted by Gasteiger charge is -2.24. The molecular formula is C15H14N4OS2. The molecule has 2 aromatic rings. The summed E-state index contributed by atoms with van der Waals surface area (Å²) in [6, 6.07) is 9.41. The van der Waals surface area contributed by atoms with Crippen LogP contribution in [-0.2, 0) is 6.54 Å². The molecule has 2 rings (SSSR count). The summed E-state index contributed by atoms with van der Waals surface area (Å²) in [6.07, 6.45) is 3.76.